The Bertz CT molecular complexity index is 1070. The Balaban J connectivity index is 1.70. The molecular weight excluding hydrogens is 374 g/mol. The summed E-state index contributed by atoms with van der Waals surface area (Å²) in [5.74, 6) is 1.12. The molecule has 3 rings (SSSR count). The van der Waals surface area contributed by atoms with E-state index in [1.54, 1.807) is 12.1 Å². The van der Waals surface area contributed by atoms with Crippen LogP contribution in [-0.2, 0) is 9.53 Å². The molecule has 2 aromatic heterocycles. The van der Waals surface area contributed by atoms with Gasteiger partial charge in [-0.05, 0) is 24.6 Å². The lowest BCUT2D eigenvalue weighted by atomic mass is 10.2. The average Bonchev–Trinajstić information content (AvgIpc) is 3.06. The standard InChI is InChI=1S/C19H23N7O3/c1-4-15(27)29-9-5-8-20-17-24-16(11(2)3)25-18(26-17)21-12-6-7-13-14(10-12)23-19(28)22-13/h4,6-7,10-11H,1,5,8-9H2,2-3H3,(H2,22,23,28)(H2,20,21,24,25,26). The molecule has 0 saturated heterocycles. The van der Waals surface area contributed by atoms with Crippen LogP contribution >= 0.6 is 0 Å². The molecule has 0 atom stereocenters. The highest BCUT2D eigenvalue weighted by Crippen LogP contribution is 2.20. The summed E-state index contributed by atoms with van der Waals surface area (Å²) < 4.78 is 4.94. The van der Waals surface area contributed by atoms with Crippen LogP contribution in [0.4, 0.5) is 17.6 Å². The highest BCUT2D eigenvalue weighted by atomic mass is 16.5. The molecule has 29 heavy (non-hydrogen) atoms. The Hall–Kier alpha value is -3.69. The highest BCUT2D eigenvalue weighted by Gasteiger charge is 2.10. The zero-order chi connectivity index (χ0) is 20.8. The number of H-pyrrole nitrogens is 2. The van der Waals surface area contributed by atoms with Crippen LogP contribution in [0.25, 0.3) is 11.0 Å². The lowest BCUT2D eigenvalue weighted by molar-refractivity contribution is -0.137. The number of aromatic nitrogens is 5. The SMILES string of the molecule is C=CC(=O)OCCCNc1nc(Nc2ccc3[nH]c(=O)[nH]c3c2)nc(C(C)C)n1. The van der Waals surface area contributed by atoms with Crippen molar-refractivity contribution in [1.82, 2.24) is 24.9 Å². The number of anilines is 3. The topological polar surface area (TPSA) is 138 Å². The first-order chi connectivity index (χ1) is 13.9. The number of nitrogens with one attached hydrogen (secondary N) is 4. The first-order valence-corrected chi connectivity index (χ1v) is 9.22. The predicted molar refractivity (Wildman–Crippen MR) is 110 cm³/mol. The number of fused-ring (bicyclic) bond motifs is 1. The summed E-state index contributed by atoms with van der Waals surface area (Å²) in [6, 6.07) is 5.42. The molecule has 0 amide bonds. The van der Waals surface area contributed by atoms with Gasteiger partial charge in [0.05, 0.1) is 17.6 Å². The molecule has 0 aliphatic rings. The van der Waals surface area contributed by atoms with Crippen LogP contribution in [-0.4, -0.2) is 44.0 Å². The van der Waals surface area contributed by atoms with E-state index in [4.69, 9.17) is 4.74 Å². The smallest absolute Gasteiger partial charge is 0.330 e. The minimum absolute atomic E-state index is 0.108. The summed E-state index contributed by atoms with van der Waals surface area (Å²) in [6.07, 6.45) is 1.73. The normalized spacial score (nSPS) is 10.9. The largest absolute Gasteiger partial charge is 0.462 e. The first kappa shape index (κ1) is 20.1. The molecule has 0 aliphatic carbocycles. The fourth-order valence-electron chi connectivity index (χ4n) is 2.53. The van der Waals surface area contributed by atoms with E-state index >= 15 is 0 Å². The van der Waals surface area contributed by atoms with E-state index in [-0.39, 0.29) is 18.2 Å². The fraction of sp³-hybridized carbons (Fsp3) is 0.316. The monoisotopic (exact) mass is 397 g/mol. The number of hydrogen-bond acceptors (Lipinski definition) is 8. The third kappa shape index (κ3) is 5.41. The van der Waals surface area contributed by atoms with Crippen molar-refractivity contribution < 1.29 is 9.53 Å². The van der Waals surface area contributed by atoms with Gasteiger partial charge in [-0.25, -0.2) is 9.59 Å². The summed E-state index contributed by atoms with van der Waals surface area (Å²) >= 11 is 0. The number of carbonyl (C=O) groups excluding carboxylic acids is 1. The maximum absolute atomic E-state index is 11.4. The van der Waals surface area contributed by atoms with Crippen LogP contribution < -0.4 is 16.3 Å². The fourth-order valence-corrected chi connectivity index (χ4v) is 2.53. The van der Waals surface area contributed by atoms with Crippen molar-refractivity contribution in [3.63, 3.8) is 0 Å². The molecule has 10 nitrogen and oxygen atoms in total. The summed E-state index contributed by atoms with van der Waals surface area (Å²) in [6.45, 7) is 8.15. The van der Waals surface area contributed by atoms with Gasteiger partial charge < -0.3 is 25.3 Å². The molecule has 0 aliphatic heterocycles. The summed E-state index contributed by atoms with van der Waals surface area (Å²) in [5, 5.41) is 6.27. The summed E-state index contributed by atoms with van der Waals surface area (Å²) in [5.41, 5.74) is 1.88. The van der Waals surface area contributed by atoms with E-state index < -0.39 is 5.97 Å². The van der Waals surface area contributed by atoms with Crippen LogP contribution in [0.15, 0.2) is 35.6 Å². The van der Waals surface area contributed by atoms with Crippen molar-refractivity contribution in [1.29, 1.82) is 0 Å². The summed E-state index contributed by atoms with van der Waals surface area (Å²) in [7, 11) is 0. The van der Waals surface area contributed by atoms with Gasteiger partial charge in [-0.2, -0.15) is 15.0 Å². The number of imidazole rings is 1. The maximum atomic E-state index is 11.4. The van der Waals surface area contributed by atoms with Crippen LogP contribution in [0, 0.1) is 0 Å². The lowest BCUT2D eigenvalue weighted by Gasteiger charge is -2.12. The molecule has 10 heteroatoms. The van der Waals surface area contributed by atoms with Crippen LogP contribution in [0.1, 0.15) is 32.0 Å². The minimum atomic E-state index is -0.445. The Labute approximate surface area is 166 Å². The number of rotatable bonds is 9. The molecule has 2 heterocycles. The quantitative estimate of drug-likeness (QED) is 0.245. The van der Waals surface area contributed by atoms with E-state index in [0.717, 1.165) is 17.3 Å². The van der Waals surface area contributed by atoms with Gasteiger partial charge in [-0.3, -0.25) is 0 Å². The second-order valence-corrected chi connectivity index (χ2v) is 6.61. The zero-order valence-corrected chi connectivity index (χ0v) is 16.3. The molecule has 4 N–H and O–H groups in total. The third-order valence-corrected chi connectivity index (χ3v) is 3.96. The summed E-state index contributed by atoms with van der Waals surface area (Å²) in [4.78, 5) is 41.2. The average molecular weight is 397 g/mol. The molecule has 1 aromatic carbocycles. The maximum Gasteiger partial charge on any atom is 0.330 e. The number of aromatic amines is 2. The number of benzene rings is 1. The Morgan fingerprint density at radius 3 is 2.72 bits per heavy atom. The second-order valence-electron chi connectivity index (χ2n) is 6.61. The van der Waals surface area contributed by atoms with Crippen molar-refractivity contribution >= 4 is 34.6 Å². The highest BCUT2D eigenvalue weighted by molar-refractivity contribution is 5.81. The number of ether oxygens (including phenoxy) is 1. The molecule has 0 saturated carbocycles. The van der Waals surface area contributed by atoms with Gasteiger partial charge in [0, 0.05) is 24.2 Å². The van der Waals surface area contributed by atoms with Crippen molar-refractivity contribution in [2.45, 2.75) is 26.2 Å². The third-order valence-electron chi connectivity index (χ3n) is 3.96. The van der Waals surface area contributed by atoms with Crippen molar-refractivity contribution in [3.05, 3.63) is 47.2 Å². The molecule has 0 fully saturated rings. The van der Waals surface area contributed by atoms with Gasteiger partial charge in [0.1, 0.15) is 5.82 Å². The van der Waals surface area contributed by atoms with Crippen molar-refractivity contribution in [3.8, 4) is 0 Å². The zero-order valence-electron chi connectivity index (χ0n) is 16.3. The van der Waals surface area contributed by atoms with Gasteiger partial charge >= 0.3 is 11.7 Å². The lowest BCUT2D eigenvalue weighted by Crippen LogP contribution is -2.13. The van der Waals surface area contributed by atoms with E-state index in [1.165, 1.54) is 0 Å². The Morgan fingerprint density at radius 2 is 1.97 bits per heavy atom. The van der Waals surface area contributed by atoms with E-state index in [2.05, 4.69) is 42.1 Å². The molecule has 0 bridgehead atoms. The van der Waals surface area contributed by atoms with E-state index in [9.17, 15) is 9.59 Å². The molecule has 152 valence electrons. The van der Waals surface area contributed by atoms with Crippen LogP contribution in [0.3, 0.4) is 0 Å². The van der Waals surface area contributed by atoms with Gasteiger partial charge in [0.15, 0.2) is 0 Å². The first-order valence-electron chi connectivity index (χ1n) is 9.22. The number of esters is 1. The van der Waals surface area contributed by atoms with E-state index in [1.807, 2.05) is 19.9 Å². The second kappa shape index (κ2) is 9.00. The van der Waals surface area contributed by atoms with Crippen LogP contribution in [0.2, 0.25) is 0 Å². The van der Waals surface area contributed by atoms with Crippen molar-refractivity contribution in [2.24, 2.45) is 0 Å². The molecule has 0 unspecified atom stereocenters. The van der Waals surface area contributed by atoms with Crippen molar-refractivity contribution in [2.75, 3.05) is 23.8 Å². The number of hydrogen-bond donors (Lipinski definition) is 4. The van der Waals surface area contributed by atoms with Gasteiger partial charge in [-0.1, -0.05) is 20.4 Å². The minimum Gasteiger partial charge on any atom is -0.462 e. The van der Waals surface area contributed by atoms with Gasteiger partial charge in [0.25, 0.3) is 0 Å². The number of nitrogens with zero attached hydrogens (tertiary/aromatic N) is 3. The molecule has 0 spiro atoms. The molecule has 3 aromatic rings. The Kier molecular flexibility index (Phi) is 6.22. The van der Waals surface area contributed by atoms with Gasteiger partial charge in [0.2, 0.25) is 11.9 Å². The molecular formula is C19H23N7O3. The predicted octanol–water partition coefficient (Wildman–Crippen LogP) is 2.44. The number of carbonyl (C=O) groups is 1. The van der Waals surface area contributed by atoms with Crippen LogP contribution in [0.5, 0.6) is 0 Å². The molecule has 0 radical (unpaired) electrons. The van der Waals surface area contributed by atoms with E-state index in [0.29, 0.717) is 36.2 Å². The van der Waals surface area contributed by atoms with Gasteiger partial charge in [-0.15, -0.1) is 0 Å². The Morgan fingerprint density at radius 1 is 1.21 bits per heavy atom.